The maximum absolute atomic E-state index is 11.9. The van der Waals surface area contributed by atoms with Gasteiger partial charge >= 0.3 is 5.97 Å². The molecule has 88 valence electrons. The van der Waals surface area contributed by atoms with Crippen LogP contribution < -0.4 is 0 Å². The Labute approximate surface area is 101 Å². The maximum Gasteiger partial charge on any atom is 0.309 e. The number of nitrogens with zero attached hydrogens (tertiary/aromatic N) is 1. The van der Waals surface area contributed by atoms with Gasteiger partial charge in [-0.25, -0.2) is 8.42 Å². The molecule has 2 heterocycles. The van der Waals surface area contributed by atoms with Crippen LogP contribution >= 0.6 is 22.9 Å². The third kappa shape index (κ3) is 1.95. The molecule has 1 aromatic rings. The highest BCUT2D eigenvalue weighted by Gasteiger charge is 2.40. The molecule has 1 saturated heterocycles. The van der Waals surface area contributed by atoms with Crippen LogP contribution in [0.4, 0.5) is 0 Å². The van der Waals surface area contributed by atoms with Crippen LogP contribution in [0.3, 0.4) is 0 Å². The summed E-state index contributed by atoms with van der Waals surface area (Å²) in [4.78, 5) is 10.6. The number of carboxylic acids is 1. The van der Waals surface area contributed by atoms with Crippen molar-refractivity contribution in [2.24, 2.45) is 5.92 Å². The Morgan fingerprint density at radius 3 is 2.56 bits per heavy atom. The van der Waals surface area contributed by atoms with E-state index in [1.165, 1.54) is 12.1 Å². The summed E-state index contributed by atoms with van der Waals surface area (Å²) in [6, 6.07) is 2.93. The van der Waals surface area contributed by atoms with E-state index in [0.29, 0.717) is 4.34 Å². The van der Waals surface area contributed by atoms with Crippen molar-refractivity contribution < 1.29 is 18.3 Å². The minimum atomic E-state index is -3.54. The number of hydrogen-bond acceptors (Lipinski definition) is 4. The average Bonchev–Trinajstić information content (AvgIpc) is 2.47. The van der Waals surface area contributed by atoms with E-state index in [1.807, 2.05) is 0 Å². The van der Waals surface area contributed by atoms with Crippen molar-refractivity contribution in [1.82, 2.24) is 4.31 Å². The van der Waals surface area contributed by atoms with Gasteiger partial charge in [0.25, 0.3) is 10.0 Å². The molecule has 5 nitrogen and oxygen atoms in total. The summed E-state index contributed by atoms with van der Waals surface area (Å²) in [5.41, 5.74) is 0. The smallest absolute Gasteiger partial charge is 0.309 e. The lowest BCUT2D eigenvalue weighted by atomic mass is 10.0. The SMILES string of the molecule is O=C(O)C1CN(S(=O)(=O)c2ccc(Cl)s2)C1. The molecule has 0 radical (unpaired) electrons. The fourth-order valence-corrected chi connectivity index (χ4v) is 4.52. The topological polar surface area (TPSA) is 74.7 Å². The molecule has 1 N–H and O–H groups in total. The molecule has 2 rings (SSSR count). The zero-order valence-electron chi connectivity index (χ0n) is 7.96. The minimum Gasteiger partial charge on any atom is -0.481 e. The lowest BCUT2D eigenvalue weighted by molar-refractivity contribution is -0.145. The van der Waals surface area contributed by atoms with Crippen molar-refractivity contribution in [3.8, 4) is 0 Å². The van der Waals surface area contributed by atoms with E-state index in [-0.39, 0.29) is 17.3 Å². The standard InChI is InChI=1S/C8H8ClNO4S2/c9-6-1-2-7(15-6)16(13,14)10-3-5(4-10)8(11)12/h1-2,5H,3-4H2,(H,11,12). The number of aliphatic carboxylic acids is 1. The number of sulfonamides is 1. The average molecular weight is 282 g/mol. The molecule has 0 bridgehead atoms. The van der Waals surface area contributed by atoms with Crippen LogP contribution in [-0.2, 0) is 14.8 Å². The molecule has 0 unspecified atom stereocenters. The Morgan fingerprint density at radius 2 is 2.12 bits per heavy atom. The van der Waals surface area contributed by atoms with Gasteiger partial charge in [-0.1, -0.05) is 11.6 Å². The fraction of sp³-hybridized carbons (Fsp3) is 0.375. The van der Waals surface area contributed by atoms with Gasteiger partial charge < -0.3 is 5.11 Å². The molecule has 0 amide bonds. The maximum atomic E-state index is 11.9. The first-order valence-corrected chi connectivity index (χ1v) is 7.03. The van der Waals surface area contributed by atoms with Crippen molar-refractivity contribution in [1.29, 1.82) is 0 Å². The first-order chi connectivity index (χ1) is 7.41. The van der Waals surface area contributed by atoms with Crippen LogP contribution in [0.5, 0.6) is 0 Å². The second kappa shape index (κ2) is 3.99. The molecule has 8 heteroatoms. The highest BCUT2D eigenvalue weighted by atomic mass is 35.5. The third-order valence-corrected chi connectivity index (χ3v) is 5.87. The van der Waals surface area contributed by atoms with Gasteiger partial charge in [-0.05, 0) is 12.1 Å². The van der Waals surface area contributed by atoms with Crippen molar-refractivity contribution in [3.05, 3.63) is 16.5 Å². The first-order valence-electron chi connectivity index (χ1n) is 4.39. The fourth-order valence-electron chi connectivity index (χ4n) is 1.35. The number of thiophene rings is 1. The Kier molecular flexibility index (Phi) is 2.95. The number of halogens is 1. The van der Waals surface area contributed by atoms with E-state index >= 15 is 0 Å². The monoisotopic (exact) mass is 281 g/mol. The molecule has 0 aliphatic carbocycles. The second-order valence-corrected chi connectivity index (χ2v) is 7.30. The second-order valence-electron chi connectivity index (χ2n) is 3.42. The van der Waals surface area contributed by atoms with Gasteiger partial charge in [0.15, 0.2) is 0 Å². The summed E-state index contributed by atoms with van der Waals surface area (Å²) in [6.07, 6.45) is 0. The number of rotatable bonds is 3. The van der Waals surface area contributed by atoms with Gasteiger partial charge in [-0.15, -0.1) is 11.3 Å². The predicted molar refractivity (Wildman–Crippen MR) is 59.2 cm³/mol. The van der Waals surface area contributed by atoms with Gasteiger partial charge in [-0.3, -0.25) is 4.79 Å². The summed E-state index contributed by atoms with van der Waals surface area (Å²) in [6.45, 7) is 0.0698. The summed E-state index contributed by atoms with van der Waals surface area (Å²) in [7, 11) is -3.54. The van der Waals surface area contributed by atoms with Gasteiger partial charge in [-0.2, -0.15) is 4.31 Å². The summed E-state index contributed by atoms with van der Waals surface area (Å²) in [5, 5.41) is 8.65. The lowest BCUT2D eigenvalue weighted by Crippen LogP contribution is -2.52. The summed E-state index contributed by atoms with van der Waals surface area (Å²) in [5.74, 6) is -1.55. The van der Waals surface area contributed by atoms with Crippen LogP contribution in [0.1, 0.15) is 0 Å². The van der Waals surface area contributed by atoms with Crippen molar-refractivity contribution >= 4 is 38.9 Å². The van der Waals surface area contributed by atoms with E-state index in [4.69, 9.17) is 16.7 Å². The summed E-state index contributed by atoms with van der Waals surface area (Å²) >= 11 is 6.62. The molecule has 0 aromatic carbocycles. The number of carbonyl (C=O) groups is 1. The van der Waals surface area contributed by atoms with Crippen LogP contribution in [0.25, 0.3) is 0 Å². The van der Waals surface area contributed by atoms with Gasteiger partial charge in [0.05, 0.1) is 10.3 Å². The summed E-state index contributed by atoms with van der Waals surface area (Å²) < 4.78 is 25.5. The Balaban J connectivity index is 2.14. The zero-order chi connectivity index (χ0) is 11.9. The van der Waals surface area contributed by atoms with E-state index in [1.54, 1.807) is 0 Å². The van der Waals surface area contributed by atoms with Gasteiger partial charge in [0, 0.05) is 13.1 Å². The first kappa shape index (κ1) is 11.8. The highest BCUT2D eigenvalue weighted by molar-refractivity contribution is 7.91. The van der Waals surface area contributed by atoms with Crippen LogP contribution in [0.15, 0.2) is 16.3 Å². The Morgan fingerprint density at radius 1 is 1.50 bits per heavy atom. The molecule has 1 aliphatic heterocycles. The Hall–Kier alpha value is -0.630. The predicted octanol–water partition coefficient (Wildman–Crippen LogP) is 1.11. The minimum absolute atomic E-state index is 0.0349. The largest absolute Gasteiger partial charge is 0.481 e. The molecule has 1 aliphatic rings. The highest BCUT2D eigenvalue weighted by Crippen LogP contribution is 2.31. The van der Waals surface area contributed by atoms with Gasteiger partial charge in [0.1, 0.15) is 4.21 Å². The van der Waals surface area contributed by atoms with Crippen LogP contribution in [0, 0.1) is 5.92 Å². The van der Waals surface area contributed by atoms with Gasteiger partial charge in [0.2, 0.25) is 0 Å². The molecule has 0 saturated carbocycles. The number of carboxylic acid groups (broad SMARTS) is 1. The molecule has 1 aromatic heterocycles. The molecule has 0 atom stereocenters. The molecule has 0 spiro atoms. The lowest BCUT2D eigenvalue weighted by Gasteiger charge is -2.34. The van der Waals surface area contributed by atoms with E-state index in [0.717, 1.165) is 15.6 Å². The molecule has 1 fully saturated rings. The molecular formula is C8H8ClNO4S2. The molecular weight excluding hydrogens is 274 g/mol. The molecule has 16 heavy (non-hydrogen) atoms. The van der Waals surface area contributed by atoms with E-state index in [2.05, 4.69) is 0 Å². The van der Waals surface area contributed by atoms with E-state index in [9.17, 15) is 13.2 Å². The number of hydrogen-bond donors (Lipinski definition) is 1. The van der Waals surface area contributed by atoms with Crippen molar-refractivity contribution in [2.45, 2.75) is 4.21 Å². The third-order valence-electron chi connectivity index (χ3n) is 2.34. The quantitative estimate of drug-likeness (QED) is 0.900. The zero-order valence-corrected chi connectivity index (χ0v) is 10.3. The van der Waals surface area contributed by atoms with Crippen LogP contribution in [-0.4, -0.2) is 36.9 Å². The van der Waals surface area contributed by atoms with Crippen molar-refractivity contribution in [3.63, 3.8) is 0 Å². The van der Waals surface area contributed by atoms with Crippen LogP contribution in [0.2, 0.25) is 4.34 Å². The van der Waals surface area contributed by atoms with E-state index < -0.39 is 21.9 Å². The normalized spacial score (nSPS) is 18.3. The van der Waals surface area contributed by atoms with Crippen molar-refractivity contribution in [2.75, 3.05) is 13.1 Å². The Bertz CT molecular complexity index is 518.